The zero-order valence-corrected chi connectivity index (χ0v) is 14.7. The summed E-state index contributed by atoms with van der Waals surface area (Å²) in [5.41, 5.74) is 1.20. The third-order valence-electron chi connectivity index (χ3n) is 3.79. The Bertz CT molecular complexity index is 430. The second kappa shape index (κ2) is 7.92. The van der Waals surface area contributed by atoms with Crippen molar-refractivity contribution in [3.05, 3.63) is 29.0 Å². The van der Waals surface area contributed by atoms with Crippen molar-refractivity contribution in [3.8, 4) is 0 Å². The van der Waals surface area contributed by atoms with Crippen molar-refractivity contribution in [3.63, 3.8) is 0 Å². The monoisotopic (exact) mass is 330 g/mol. The number of rotatable bonds is 5. The molecule has 0 bridgehead atoms. The zero-order chi connectivity index (χ0) is 14.5. The molecule has 2 heterocycles. The van der Waals surface area contributed by atoms with Crippen molar-refractivity contribution < 1.29 is 0 Å². The van der Waals surface area contributed by atoms with E-state index in [2.05, 4.69) is 54.6 Å². The lowest BCUT2D eigenvalue weighted by Crippen LogP contribution is -2.44. The summed E-state index contributed by atoms with van der Waals surface area (Å²) in [4.78, 5) is 4.07. The molecule has 1 aromatic heterocycles. The van der Waals surface area contributed by atoms with E-state index in [0.717, 1.165) is 23.2 Å². The number of hydrogen-bond donors (Lipinski definition) is 1. The van der Waals surface area contributed by atoms with Crippen LogP contribution < -0.4 is 5.32 Å². The van der Waals surface area contributed by atoms with Crippen LogP contribution in [0.5, 0.6) is 0 Å². The summed E-state index contributed by atoms with van der Waals surface area (Å²) in [5.74, 6) is 1.22. The first-order chi connectivity index (χ1) is 9.61. The lowest BCUT2D eigenvalue weighted by atomic mass is 10.0. The van der Waals surface area contributed by atoms with Crippen molar-refractivity contribution in [1.82, 2.24) is 10.3 Å². The van der Waals surface area contributed by atoms with E-state index in [1.165, 1.54) is 11.3 Å². The quantitative estimate of drug-likeness (QED) is 0.885. The van der Waals surface area contributed by atoms with E-state index in [0.29, 0.717) is 16.5 Å². The first-order valence-electron chi connectivity index (χ1n) is 7.20. The van der Waals surface area contributed by atoms with Gasteiger partial charge in [0.15, 0.2) is 0 Å². The van der Waals surface area contributed by atoms with Gasteiger partial charge < -0.3 is 5.32 Å². The molecule has 0 spiro atoms. The predicted octanol–water partition coefficient (Wildman–Crippen LogP) is 3.88. The van der Waals surface area contributed by atoms with Crippen molar-refractivity contribution in [2.24, 2.45) is 0 Å². The van der Waals surface area contributed by atoms with E-state index in [4.69, 9.17) is 11.6 Å². The molecule has 1 aromatic rings. The van der Waals surface area contributed by atoms with Gasteiger partial charge in [0.2, 0.25) is 0 Å². The first-order valence-corrected chi connectivity index (χ1v) is 9.57. The highest BCUT2D eigenvalue weighted by atomic mass is 35.5. The van der Waals surface area contributed by atoms with Crippen LogP contribution in [0.1, 0.15) is 26.3 Å². The van der Waals surface area contributed by atoms with Crippen molar-refractivity contribution in [1.29, 1.82) is 0 Å². The van der Waals surface area contributed by atoms with Crippen LogP contribution in [0.2, 0.25) is 5.02 Å². The molecule has 0 aliphatic carbocycles. The van der Waals surface area contributed by atoms with Gasteiger partial charge in [0.1, 0.15) is 0 Å². The summed E-state index contributed by atoms with van der Waals surface area (Å²) in [7, 11) is 0. The second-order valence-electron chi connectivity index (χ2n) is 5.25. The zero-order valence-electron chi connectivity index (χ0n) is 12.3. The van der Waals surface area contributed by atoms with E-state index < -0.39 is 0 Å². The third kappa shape index (κ3) is 4.30. The van der Waals surface area contributed by atoms with Crippen LogP contribution in [0.3, 0.4) is 0 Å². The van der Waals surface area contributed by atoms with Gasteiger partial charge in [-0.3, -0.25) is 4.98 Å². The third-order valence-corrected chi connectivity index (χ3v) is 7.68. The maximum Gasteiger partial charge on any atom is 0.0621 e. The van der Waals surface area contributed by atoms with Gasteiger partial charge in [-0.25, -0.2) is 0 Å². The van der Waals surface area contributed by atoms with Gasteiger partial charge in [0.05, 0.1) is 5.02 Å². The fourth-order valence-electron chi connectivity index (χ4n) is 2.42. The van der Waals surface area contributed by atoms with Crippen LogP contribution in [0, 0.1) is 0 Å². The Morgan fingerprint density at radius 1 is 1.45 bits per heavy atom. The lowest BCUT2D eigenvalue weighted by Gasteiger charge is -2.36. The summed E-state index contributed by atoms with van der Waals surface area (Å²) < 4.78 is 0. The molecule has 0 radical (unpaired) electrons. The molecule has 1 fully saturated rings. The molecule has 2 rings (SSSR count). The van der Waals surface area contributed by atoms with Gasteiger partial charge in [0, 0.05) is 39.9 Å². The highest BCUT2D eigenvalue weighted by Gasteiger charge is 2.31. The topological polar surface area (TPSA) is 24.9 Å². The van der Waals surface area contributed by atoms with E-state index in [9.17, 15) is 0 Å². The lowest BCUT2D eigenvalue weighted by molar-refractivity contribution is 0.520. The Kier molecular flexibility index (Phi) is 6.53. The highest BCUT2D eigenvalue weighted by Crippen LogP contribution is 2.37. The molecule has 2 nitrogen and oxygen atoms in total. The Morgan fingerprint density at radius 3 is 2.90 bits per heavy atom. The minimum absolute atomic E-state index is 0.479. The molecule has 20 heavy (non-hydrogen) atoms. The molecule has 4 unspecified atom stereocenters. The summed E-state index contributed by atoms with van der Waals surface area (Å²) in [6.07, 6.45) is 4.56. The van der Waals surface area contributed by atoms with Gasteiger partial charge in [-0.2, -0.15) is 23.5 Å². The van der Waals surface area contributed by atoms with Crippen molar-refractivity contribution in [2.75, 3.05) is 12.3 Å². The standard InChI is InChI=1S/C15H23ClN2S2/c1-4-18-14(7-12-5-6-17-8-13(12)16)15-9-19-10(2)11(3)20-15/h5-6,8,10-11,14-15,18H,4,7,9H2,1-3H3. The van der Waals surface area contributed by atoms with E-state index >= 15 is 0 Å². The summed E-state index contributed by atoms with van der Waals surface area (Å²) in [6.45, 7) is 7.85. The maximum atomic E-state index is 6.26. The highest BCUT2D eigenvalue weighted by molar-refractivity contribution is 8.07. The summed E-state index contributed by atoms with van der Waals surface area (Å²) in [6, 6.07) is 2.52. The van der Waals surface area contributed by atoms with Crippen LogP contribution in [0.15, 0.2) is 18.5 Å². The van der Waals surface area contributed by atoms with Crippen LogP contribution >= 0.6 is 35.1 Å². The molecule has 0 amide bonds. The summed E-state index contributed by atoms with van der Waals surface area (Å²) in [5, 5.41) is 6.55. The van der Waals surface area contributed by atoms with Gasteiger partial charge in [-0.1, -0.05) is 32.4 Å². The second-order valence-corrected chi connectivity index (χ2v) is 8.69. The molecular formula is C15H23ClN2S2. The number of nitrogens with zero attached hydrogens (tertiary/aromatic N) is 1. The molecule has 0 saturated carbocycles. The van der Waals surface area contributed by atoms with Crippen molar-refractivity contribution in [2.45, 2.75) is 49.0 Å². The molecule has 1 aliphatic heterocycles. The average molecular weight is 331 g/mol. The Hall–Kier alpha value is 0.1000. The van der Waals surface area contributed by atoms with Crippen LogP contribution in [0.4, 0.5) is 0 Å². The van der Waals surface area contributed by atoms with Gasteiger partial charge in [-0.05, 0) is 24.6 Å². The fraction of sp³-hybridized carbons (Fsp3) is 0.667. The molecule has 0 aromatic carbocycles. The van der Waals surface area contributed by atoms with Crippen molar-refractivity contribution >= 4 is 35.1 Å². The van der Waals surface area contributed by atoms with Crippen LogP contribution in [-0.4, -0.2) is 39.1 Å². The smallest absolute Gasteiger partial charge is 0.0621 e. The van der Waals surface area contributed by atoms with Gasteiger partial charge >= 0.3 is 0 Å². The number of hydrogen-bond acceptors (Lipinski definition) is 4. The van der Waals surface area contributed by atoms with E-state index in [-0.39, 0.29) is 0 Å². The number of pyridine rings is 1. The van der Waals surface area contributed by atoms with Crippen LogP contribution in [-0.2, 0) is 6.42 Å². The molecule has 5 heteroatoms. The Labute approximate surface area is 135 Å². The summed E-state index contributed by atoms with van der Waals surface area (Å²) >= 11 is 10.5. The number of thioether (sulfide) groups is 2. The maximum absolute atomic E-state index is 6.26. The number of likely N-dealkylation sites (N-methyl/N-ethyl adjacent to an activating group) is 1. The van der Waals surface area contributed by atoms with Gasteiger partial charge in [0.25, 0.3) is 0 Å². The molecule has 1 saturated heterocycles. The largest absolute Gasteiger partial charge is 0.313 e. The van der Waals surface area contributed by atoms with Gasteiger partial charge in [-0.15, -0.1) is 0 Å². The Morgan fingerprint density at radius 2 is 2.25 bits per heavy atom. The first kappa shape index (κ1) is 16.5. The molecule has 1 N–H and O–H groups in total. The molecule has 1 aliphatic rings. The molecule has 4 atom stereocenters. The van der Waals surface area contributed by atoms with E-state index in [1.807, 2.05) is 12.3 Å². The minimum atomic E-state index is 0.479. The van der Waals surface area contributed by atoms with E-state index in [1.54, 1.807) is 6.20 Å². The molecular weight excluding hydrogens is 308 g/mol. The number of aromatic nitrogens is 1. The predicted molar refractivity (Wildman–Crippen MR) is 93.2 cm³/mol. The Balaban J connectivity index is 2.05. The average Bonchev–Trinajstić information content (AvgIpc) is 2.44. The minimum Gasteiger partial charge on any atom is -0.313 e. The SMILES string of the molecule is CCNC(Cc1ccncc1Cl)C1CSC(C)C(C)S1. The normalized spacial score (nSPS) is 28.3. The number of halogens is 1. The molecule has 112 valence electrons. The number of nitrogens with one attached hydrogen (secondary N) is 1. The fourth-order valence-corrected chi connectivity index (χ4v) is 5.75. The van der Waals surface area contributed by atoms with Crippen LogP contribution in [0.25, 0.3) is 0 Å².